The Morgan fingerprint density at radius 3 is 2.22 bits per heavy atom. The first kappa shape index (κ1) is 25.4. The molecule has 0 aliphatic carbocycles. The number of hydrogen-bond acceptors (Lipinski definition) is 6. The third kappa shape index (κ3) is 8.36. The highest BCUT2D eigenvalue weighted by atomic mass is 32.2. The van der Waals surface area contributed by atoms with Crippen LogP contribution in [0.1, 0.15) is 12.0 Å². The molecule has 0 spiro atoms. The molecular weight excluding hydrogens is 475 g/mol. The Bertz CT molecular complexity index is 1180. The molecule has 0 saturated carbocycles. The van der Waals surface area contributed by atoms with Gasteiger partial charge in [-0.05, 0) is 48.9 Å². The van der Waals surface area contributed by atoms with Crippen molar-refractivity contribution < 1.29 is 39.5 Å². The summed E-state index contributed by atoms with van der Waals surface area (Å²) in [6, 6.07) is 8.15. The van der Waals surface area contributed by atoms with Crippen molar-refractivity contribution >= 4 is 37.3 Å². The number of anilines is 2. The molecule has 14 heteroatoms. The van der Waals surface area contributed by atoms with E-state index in [2.05, 4.69) is 19.5 Å². The van der Waals surface area contributed by atoms with Crippen molar-refractivity contribution in [3.8, 4) is 5.75 Å². The minimum atomic E-state index is -4.90. The van der Waals surface area contributed by atoms with Gasteiger partial charge in [0.25, 0.3) is 0 Å². The predicted molar refractivity (Wildman–Crippen MR) is 111 cm³/mol. The second kappa shape index (κ2) is 9.75. The number of carbonyl (C=O) groups is 1. The van der Waals surface area contributed by atoms with E-state index in [4.69, 9.17) is 0 Å². The van der Waals surface area contributed by atoms with Gasteiger partial charge in [0.15, 0.2) is 0 Å². The molecule has 0 fully saturated rings. The summed E-state index contributed by atoms with van der Waals surface area (Å²) in [4.78, 5) is 11.8. The van der Waals surface area contributed by atoms with Crippen LogP contribution >= 0.6 is 0 Å². The van der Waals surface area contributed by atoms with Crippen LogP contribution in [0.4, 0.5) is 24.5 Å². The Morgan fingerprint density at radius 2 is 1.66 bits per heavy atom. The van der Waals surface area contributed by atoms with Gasteiger partial charge in [-0.2, -0.15) is 0 Å². The normalized spacial score (nSPS) is 12.3. The quantitative estimate of drug-likeness (QED) is 0.490. The van der Waals surface area contributed by atoms with Gasteiger partial charge in [-0.15, -0.1) is 13.2 Å². The van der Waals surface area contributed by atoms with Gasteiger partial charge < -0.3 is 10.1 Å². The average Bonchev–Trinajstić information content (AvgIpc) is 2.62. The number of benzene rings is 2. The maximum absolute atomic E-state index is 12.2. The number of nitrogens with one attached hydrogen (secondary N) is 3. The molecule has 2 rings (SSSR count). The molecule has 0 bridgehead atoms. The number of rotatable bonds is 9. The van der Waals surface area contributed by atoms with Crippen LogP contribution in [-0.2, 0) is 24.8 Å². The monoisotopic (exact) mass is 495 g/mol. The molecule has 0 aliphatic heterocycles. The maximum Gasteiger partial charge on any atom is 0.573 e. The van der Waals surface area contributed by atoms with Crippen molar-refractivity contribution in [3.05, 3.63) is 48.0 Å². The summed E-state index contributed by atoms with van der Waals surface area (Å²) in [5.74, 6) is -1.12. The minimum absolute atomic E-state index is 0.253. The SMILES string of the molecule is Cc1ccc(NC(=O)CCNS(=O)(=O)c2ccc(OC(F)(F)F)cc2)cc1NS(C)(=O)=O. The number of carbonyl (C=O) groups excluding carboxylic acids is 1. The number of aryl methyl sites for hydroxylation is 1. The van der Waals surface area contributed by atoms with Crippen molar-refractivity contribution in [3.63, 3.8) is 0 Å². The van der Waals surface area contributed by atoms with E-state index in [0.717, 1.165) is 30.5 Å². The van der Waals surface area contributed by atoms with Crippen LogP contribution in [0, 0.1) is 6.92 Å². The van der Waals surface area contributed by atoms with E-state index < -0.39 is 38.1 Å². The zero-order valence-electron chi connectivity index (χ0n) is 16.9. The Kier molecular flexibility index (Phi) is 7.74. The van der Waals surface area contributed by atoms with Crippen molar-refractivity contribution in [1.82, 2.24) is 4.72 Å². The zero-order valence-corrected chi connectivity index (χ0v) is 18.5. The molecule has 2 aromatic carbocycles. The molecule has 0 heterocycles. The molecule has 0 atom stereocenters. The van der Waals surface area contributed by atoms with Crippen LogP contribution in [-0.4, -0.2) is 41.9 Å². The smallest absolute Gasteiger partial charge is 0.406 e. The lowest BCUT2D eigenvalue weighted by molar-refractivity contribution is -0.274. The Morgan fingerprint density at radius 1 is 1.03 bits per heavy atom. The van der Waals surface area contributed by atoms with Crippen LogP contribution in [0.2, 0.25) is 0 Å². The Hall–Kier alpha value is -2.84. The van der Waals surface area contributed by atoms with Crippen molar-refractivity contribution in [2.24, 2.45) is 0 Å². The van der Waals surface area contributed by atoms with E-state index in [1.807, 2.05) is 0 Å². The number of halogens is 3. The number of hydrogen-bond donors (Lipinski definition) is 3. The van der Waals surface area contributed by atoms with Gasteiger partial charge in [-0.25, -0.2) is 21.6 Å². The van der Waals surface area contributed by atoms with E-state index in [0.29, 0.717) is 11.3 Å². The molecule has 2 aromatic rings. The highest BCUT2D eigenvalue weighted by Gasteiger charge is 2.31. The highest BCUT2D eigenvalue weighted by molar-refractivity contribution is 7.92. The average molecular weight is 496 g/mol. The fraction of sp³-hybridized carbons (Fsp3) is 0.278. The Balaban J connectivity index is 1.93. The zero-order chi connectivity index (χ0) is 24.2. The van der Waals surface area contributed by atoms with Gasteiger partial charge in [-0.3, -0.25) is 9.52 Å². The van der Waals surface area contributed by atoms with Crippen LogP contribution in [0.5, 0.6) is 5.75 Å². The molecular formula is C18H20F3N3O6S2. The summed E-state index contributed by atoms with van der Waals surface area (Å²) in [6.45, 7) is 1.39. The van der Waals surface area contributed by atoms with Crippen LogP contribution < -0.4 is 19.5 Å². The van der Waals surface area contributed by atoms with Crippen LogP contribution in [0.25, 0.3) is 0 Å². The third-order valence-corrected chi connectivity index (χ3v) is 5.90. The number of ether oxygens (including phenoxy) is 1. The van der Waals surface area contributed by atoms with Crippen molar-refractivity contribution in [1.29, 1.82) is 0 Å². The minimum Gasteiger partial charge on any atom is -0.406 e. The fourth-order valence-electron chi connectivity index (χ4n) is 2.44. The maximum atomic E-state index is 12.2. The number of amides is 1. The van der Waals surface area contributed by atoms with E-state index in [9.17, 15) is 34.8 Å². The van der Waals surface area contributed by atoms with E-state index in [1.54, 1.807) is 19.1 Å². The van der Waals surface area contributed by atoms with Crippen molar-refractivity contribution in [2.45, 2.75) is 24.6 Å². The van der Waals surface area contributed by atoms with Crippen LogP contribution in [0.3, 0.4) is 0 Å². The lowest BCUT2D eigenvalue weighted by atomic mass is 10.2. The van der Waals surface area contributed by atoms with Crippen molar-refractivity contribution in [2.75, 3.05) is 22.8 Å². The molecule has 0 saturated heterocycles. The van der Waals surface area contributed by atoms with Gasteiger partial charge in [0.2, 0.25) is 26.0 Å². The molecule has 176 valence electrons. The lowest BCUT2D eigenvalue weighted by Gasteiger charge is -2.12. The van der Waals surface area contributed by atoms with Gasteiger partial charge in [0.05, 0.1) is 16.8 Å². The highest BCUT2D eigenvalue weighted by Crippen LogP contribution is 2.24. The second-order valence-electron chi connectivity index (χ2n) is 6.62. The Labute approximate surface area is 183 Å². The van der Waals surface area contributed by atoms with E-state index in [-0.39, 0.29) is 23.5 Å². The second-order valence-corrected chi connectivity index (χ2v) is 10.1. The van der Waals surface area contributed by atoms with E-state index in [1.165, 1.54) is 6.07 Å². The predicted octanol–water partition coefficient (Wildman–Crippen LogP) is 2.57. The molecule has 0 aliphatic rings. The first-order chi connectivity index (χ1) is 14.6. The summed E-state index contributed by atoms with van der Waals surface area (Å²) >= 11 is 0. The lowest BCUT2D eigenvalue weighted by Crippen LogP contribution is -2.28. The summed E-state index contributed by atoms with van der Waals surface area (Å²) in [6.07, 6.45) is -4.16. The van der Waals surface area contributed by atoms with E-state index >= 15 is 0 Å². The topological polar surface area (TPSA) is 131 Å². The molecule has 0 unspecified atom stereocenters. The summed E-state index contributed by atoms with van der Waals surface area (Å²) in [5, 5.41) is 2.52. The first-order valence-corrected chi connectivity index (χ1v) is 12.3. The molecule has 0 aromatic heterocycles. The molecule has 0 radical (unpaired) electrons. The van der Waals surface area contributed by atoms with Gasteiger partial charge >= 0.3 is 6.36 Å². The van der Waals surface area contributed by atoms with Gasteiger partial charge in [-0.1, -0.05) is 6.07 Å². The largest absolute Gasteiger partial charge is 0.573 e. The van der Waals surface area contributed by atoms with Gasteiger partial charge in [0, 0.05) is 18.7 Å². The molecule has 1 amide bonds. The fourth-order valence-corrected chi connectivity index (χ4v) is 4.09. The molecule has 3 N–H and O–H groups in total. The number of sulfonamides is 2. The number of alkyl halides is 3. The summed E-state index contributed by atoms with van der Waals surface area (Å²) < 4.78 is 91.9. The first-order valence-electron chi connectivity index (χ1n) is 8.88. The molecule has 32 heavy (non-hydrogen) atoms. The van der Waals surface area contributed by atoms with Crippen LogP contribution in [0.15, 0.2) is 47.4 Å². The third-order valence-electron chi connectivity index (χ3n) is 3.83. The standard InChI is InChI=1S/C18H20F3N3O6S2/c1-12-3-4-13(11-16(12)24-31(2,26)27)23-17(25)9-10-22-32(28,29)15-7-5-14(6-8-15)30-18(19,20)21/h3-8,11,22,24H,9-10H2,1-2H3,(H,23,25). The van der Waals surface area contributed by atoms with Gasteiger partial charge in [0.1, 0.15) is 5.75 Å². The summed E-state index contributed by atoms with van der Waals surface area (Å²) in [5.41, 5.74) is 1.21. The summed E-state index contributed by atoms with van der Waals surface area (Å²) in [7, 11) is -7.58. The molecule has 9 nitrogen and oxygen atoms in total.